The van der Waals surface area contributed by atoms with Crippen LogP contribution in [0, 0.1) is 5.82 Å². The van der Waals surface area contributed by atoms with Gasteiger partial charge in [-0.15, -0.1) is 0 Å². The molecule has 10 heteroatoms. The third-order valence-electron chi connectivity index (χ3n) is 6.52. The molecule has 0 aliphatic carbocycles. The molecule has 4 rings (SSSR count). The van der Waals surface area contributed by atoms with Crippen molar-refractivity contribution in [1.82, 2.24) is 10.3 Å². The molecule has 2 fully saturated rings. The van der Waals surface area contributed by atoms with Gasteiger partial charge >= 0.3 is 0 Å². The first kappa shape index (κ1) is 24.5. The number of thiocarbonyl (C=S) groups is 1. The summed E-state index contributed by atoms with van der Waals surface area (Å²) < 4.78 is 15.3. The molecule has 2 aliphatic heterocycles. The molecule has 2 heterocycles. The number of hydrogen-bond acceptors (Lipinski definition) is 6. The molecule has 0 radical (unpaired) electrons. The summed E-state index contributed by atoms with van der Waals surface area (Å²) in [5.41, 5.74) is 11.3. The average molecular weight is 504 g/mol. The van der Waals surface area contributed by atoms with Crippen LogP contribution in [0.1, 0.15) is 12.0 Å². The summed E-state index contributed by atoms with van der Waals surface area (Å²) in [4.78, 5) is 8.90. The van der Waals surface area contributed by atoms with Gasteiger partial charge < -0.3 is 25.3 Å². The third-order valence-corrected chi connectivity index (χ3v) is 6.93. The minimum atomic E-state index is -0.268. The maximum Gasteiger partial charge on any atom is 0.184 e. The van der Waals surface area contributed by atoms with Crippen LogP contribution in [0.4, 0.5) is 21.5 Å². The van der Waals surface area contributed by atoms with Gasteiger partial charge in [-0.1, -0.05) is 23.7 Å². The van der Waals surface area contributed by atoms with Crippen molar-refractivity contribution in [3.8, 4) is 0 Å². The van der Waals surface area contributed by atoms with Crippen molar-refractivity contribution in [2.45, 2.75) is 12.5 Å². The van der Waals surface area contributed by atoms with Crippen LogP contribution in [-0.4, -0.2) is 75.6 Å². The Labute approximate surface area is 210 Å². The summed E-state index contributed by atoms with van der Waals surface area (Å²) >= 11 is 11.2. The molecule has 7 nitrogen and oxygen atoms in total. The van der Waals surface area contributed by atoms with Gasteiger partial charge in [0.05, 0.1) is 22.6 Å². The van der Waals surface area contributed by atoms with E-state index in [0.29, 0.717) is 30.4 Å². The zero-order valence-corrected chi connectivity index (χ0v) is 21.1. The number of rotatable bonds is 6. The number of hydrazone groups is 1. The molecule has 0 saturated carbocycles. The molecular weight excluding hydrogens is 473 g/mol. The number of likely N-dealkylation sites (N-methyl/N-ethyl adjacent to an activating group) is 1. The van der Waals surface area contributed by atoms with E-state index in [1.807, 2.05) is 30.3 Å². The lowest BCUT2D eigenvalue weighted by molar-refractivity contribution is 0.315. The minimum Gasteiger partial charge on any atom is -0.375 e. The Bertz CT molecular complexity index is 1060. The third kappa shape index (κ3) is 5.54. The van der Waals surface area contributed by atoms with Crippen molar-refractivity contribution in [2.75, 3.05) is 68.1 Å². The average Bonchev–Trinajstić information content (AvgIpc) is 3.30. The molecule has 2 aromatic rings. The van der Waals surface area contributed by atoms with E-state index in [4.69, 9.17) is 29.6 Å². The Hall–Kier alpha value is -2.62. The predicted octanol–water partition coefficient (Wildman–Crippen LogP) is 3.11. The molecule has 182 valence electrons. The number of hydrogen-bond donors (Lipinski definition) is 2. The standard InChI is InChI=1S/C24H31ClFN7S/c1-30(2)18-7-8-33(16-18)22-14-23(20(26)13-17(22)15-28-29-24(27)34)32-11-9-31(10-12-32)21-6-4-3-5-19(21)25/h3-6,13-15,18H,7-12,16H2,1-2H3,(H3,27,29,34)/t18-/m1/s1. The van der Waals surface area contributed by atoms with Crippen LogP contribution in [0.25, 0.3) is 0 Å². The lowest BCUT2D eigenvalue weighted by atomic mass is 10.1. The number of halogens is 2. The summed E-state index contributed by atoms with van der Waals surface area (Å²) in [6, 6.07) is 11.8. The van der Waals surface area contributed by atoms with E-state index >= 15 is 4.39 Å². The lowest BCUT2D eigenvalue weighted by Gasteiger charge is -2.38. The first-order valence-corrected chi connectivity index (χ1v) is 12.2. The van der Waals surface area contributed by atoms with Gasteiger partial charge in [-0.25, -0.2) is 4.39 Å². The first-order valence-electron chi connectivity index (χ1n) is 11.4. The smallest absolute Gasteiger partial charge is 0.184 e. The van der Waals surface area contributed by atoms with Crippen LogP contribution >= 0.6 is 23.8 Å². The van der Waals surface area contributed by atoms with E-state index in [1.54, 1.807) is 12.3 Å². The minimum absolute atomic E-state index is 0.0696. The molecule has 0 bridgehead atoms. The summed E-state index contributed by atoms with van der Waals surface area (Å²) in [6.07, 6.45) is 2.64. The highest BCUT2D eigenvalue weighted by atomic mass is 35.5. The van der Waals surface area contributed by atoms with Crippen LogP contribution < -0.4 is 25.9 Å². The molecule has 1 atom stereocenters. The number of para-hydroxylation sites is 1. The van der Waals surface area contributed by atoms with Gasteiger partial charge in [0, 0.05) is 56.6 Å². The highest BCUT2D eigenvalue weighted by molar-refractivity contribution is 7.80. The number of nitrogens with one attached hydrogen (secondary N) is 1. The summed E-state index contributed by atoms with van der Waals surface area (Å²) in [5.74, 6) is -0.268. The van der Waals surface area contributed by atoms with Gasteiger partial charge in [-0.3, -0.25) is 5.43 Å². The Morgan fingerprint density at radius 2 is 1.76 bits per heavy atom. The molecule has 0 aromatic heterocycles. The number of benzene rings is 2. The SMILES string of the molecule is CN(C)[C@@H]1CCN(c2cc(N3CCN(c4ccccc4Cl)CC3)c(F)cc2C=NNC(N)=S)C1. The largest absolute Gasteiger partial charge is 0.375 e. The number of nitrogens with zero attached hydrogens (tertiary/aromatic N) is 5. The monoisotopic (exact) mass is 503 g/mol. The maximum absolute atomic E-state index is 15.3. The molecule has 2 aromatic carbocycles. The predicted molar refractivity (Wildman–Crippen MR) is 144 cm³/mol. The molecule has 0 unspecified atom stereocenters. The summed E-state index contributed by atoms with van der Waals surface area (Å²) in [6.45, 7) is 4.73. The second-order valence-corrected chi connectivity index (χ2v) is 9.72. The second-order valence-electron chi connectivity index (χ2n) is 8.87. The number of nitrogens with two attached hydrogens (primary N) is 1. The van der Waals surface area contributed by atoms with Crippen molar-refractivity contribution in [2.24, 2.45) is 10.8 Å². The van der Waals surface area contributed by atoms with Crippen LogP contribution in [-0.2, 0) is 0 Å². The van der Waals surface area contributed by atoms with Gasteiger partial charge in [-0.05, 0) is 57.0 Å². The highest BCUT2D eigenvalue weighted by Gasteiger charge is 2.28. The van der Waals surface area contributed by atoms with E-state index in [0.717, 1.165) is 49.0 Å². The van der Waals surface area contributed by atoms with E-state index in [-0.39, 0.29) is 10.9 Å². The maximum atomic E-state index is 15.3. The van der Waals surface area contributed by atoms with Gasteiger partial charge in [0.2, 0.25) is 0 Å². The number of anilines is 3. The summed E-state index contributed by atoms with van der Waals surface area (Å²) in [5, 5.41) is 4.89. The van der Waals surface area contributed by atoms with Crippen molar-refractivity contribution in [3.05, 3.63) is 52.8 Å². The normalized spacial score (nSPS) is 18.9. The quantitative estimate of drug-likeness (QED) is 0.357. The summed E-state index contributed by atoms with van der Waals surface area (Å²) in [7, 11) is 4.19. The Morgan fingerprint density at radius 1 is 1.09 bits per heavy atom. The zero-order valence-electron chi connectivity index (χ0n) is 19.5. The van der Waals surface area contributed by atoms with E-state index in [2.05, 4.69) is 44.2 Å². The van der Waals surface area contributed by atoms with Gasteiger partial charge in [-0.2, -0.15) is 5.10 Å². The van der Waals surface area contributed by atoms with E-state index in [9.17, 15) is 0 Å². The van der Waals surface area contributed by atoms with E-state index < -0.39 is 0 Å². The van der Waals surface area contributed by atoms with Crippen LogP contribution in [0.5, 0.6) is 0 Å². The molecule has 2 saturated heterocycles. The van der Waals surface area contributed by atoms with Crippen LogP contribution in [0.15, 0.2) is 41.5 Å². The fourth-order valence-corrected chi connectivity index (χ4v) is 4.94. The zero-order chi connectivity index (χ0) is 24.2. The van der Waals surface area contributed by atoms with Crippen LogP contribution in [0.3, 0.4) is 0 Å². The van der Waals surface area contributed by atoms with Crippen molar-refractivity contribution in [1.29, 1.82) is 0 Å². The van der Waals surface area contributed by atoms with Gasteiger partial charge in [0.25, 0.3) is 0 Å². The first-order chi connectivity index (χ1) is 16.3. The highest BCUT2D eigenvalue weighted by Crippen LogP contribution is 2.33. The Balaban J connectivity index is 1.57. The van der Waals surface area contributed by atoms with Gasteiger partial charge in [0.15, 0.2) is 5.11 Å². The van der Waals surface area contributed by atoms with Crippen molar-refractivity contribution < 1.29 is 4.39 Å². The fraction of sp³-hybridized carbons (Fsp3) is 0.417. The Morgan fingerprint density at radius 3 is 2.38 bits per heavy atom. The Kier molecular flexibility index (Phi) is 7.75. The van der Waals surface area contributed by atoms with E-state index in [1.165, 1.54) is 0 Å². The topological polar surface area (TPSA) is 63.4 Å². The molecule has 0 spiro atoms. The lowest BCUT2D eigenvalue weighted by Crippen LogP contribution is -2.47. The molecule has 2 aliphatic rings. The van der Waals surface area contributed by atoms with Gasteiger partial charge in [0.1, 0.15) is 5.82 Å². The molecular formula is C24H31ClFN7S. The number of piperazine rings is 1. The second kappa shape index (κ2) is 10.8. The van der Waals surface area contributed by atoms with Crippen molar-refractivity contribution >= 4 is 52.2 Å². The van der Waals surface area contributed by atoms with Crippen LogP contribution in [0.2, 0.25) is 5.02 Å². The van der Waals surface area contributed by atoms with Crippen molar-refractivity contribution in [3.63, 3.8) is 0 Å². The fourth-order valence-electron chi connectivity index (χ4n) is 4.63. The molecule has 0 amide bonds. The molecule has 34 heavy (non-hydrogen) atoms. The molecule has 3 N–H and O–H groups in total.